The second-order valence-corrected chi connectivity index (χ2v) is 6.51. The van der Waals surface area contributed by atoms with E-state index in [-0.39, 0.29) is 25.5 Å². The normalized spacial score (nSPS) is 11.8. The van der Waals surface area contributed by atoms with Crippen LogP contribution in [0, 0.1) is 0 Å². The molecule has 1 unspecified atom stereocenters. The summed E-state index contributed by atoms with van der Waals surface area (Å²) in [5.41, 5.74) is 2.36. The van der Waals surface area contributed by atoms with Crippen molar-refractivity contribution >= 4 is 5.91 Å². The standard InChI is InChI=1S/C22H24N2O5/c1-27-20-9-7-16(8-10-20)13-28-15-19(25)12-23-21(26)11-18-14-29-22(24-18)17-5-3-2-4-6-17/h2-10,14,19,25H,11-13,15H2,1H3,(H,23,26). The summed E-state index contributed by atoms with van der Waals surface area (Å²) in [4.78, 5) is 16.4. The Morgan fingerprint density at radius 3 is 2.66 bits per heavy atom. The number of hydrogen-bond acceptors (Lipinski definition) is 6. The van der Waals surface area contributed by atoms with E-state index in [2.05, 4.69) is 10.3 Å². The average molecular weight is 396 g/mol. The third-order valence-corrected chi connectivity index (χ3v) is 4.19. The van der Waals surface area contributed by atoms with Crippen molar-refractivity contribution in [2.45, 2.75) is 19.1 Å². The Bertz CT molecular complexity index is 893. The van der Waals surface area contributed by atoms with Crippen molar-refractivity contribution in [2.24, 2.45) is 0 Å². The number of methoxy groups -OCH3 is 1. The maximum atomic E-state index is 12.1. The zero-order valence-corrected chi connectivity index (χ0v) is 16.2. The second kappa shape index (κ2) is 10.4. The summed E-state index contributed by atoms with van der Waals surface area (Å²) in [5.74, 6) is 1.01. The highest BCUT2D eigenvalue weighted by Crippen LogP contribution is 2.18. The fraction of sp³-hybridized carbons (Fsp3) is 0.273. The largest absolute Gasteiger partial charge is 0.497 e. The molecular weight excluding hydrogens is 372 g/mol. The lowest BCUT2D eigenvalue weighted by Crippen LogP contribution is -2.35. The Labute approximate surface area is 169 Å². The van der Waals surface area contributed by atoms with Gasteiger partial charge in [-0.15, -0.1) is 0 Å². The summed E-state index contributed by atoms with van der Waals surface area (Å²) in [6, 6.07) is 17.0. The molecule has 0 spiro atoms. The van der Waals surface area contributed by atoms with E-state index in [1.165, 1.54) is 6.26 Å². The van der Waals surface area contributed by atoms with Gasteiger partial charge in [0.25, 0.3) is 0 Å². The number of aliphatic hydroxyl groups is 1. The van der Waals surface area contributed by atoms with Crippen LogP contribution in [0.1, 0.15) is 11.3 Å². The molecule has 0 saturated carbocycles. The highest BCUT2D eigenvalue weighted by atomic mass is 16.5. The molecule has 0 fully saturated rings. The molecule has 0 aliphatic carbocycles. The van der Waals surface area contributed by atoms with Crippen LogP contribution in [0.25, 0.3) is 11.5 Å². The summed E-state index contributed by atoms with van der Waals surface area (Å²) >= 11 is 0. The van der Waals surface area contributed by atoms with Crippen LogP contribution >= 0.6 is 0 Å². The zero-order chi connectivity index (χ0) is 20.5. The first-order chi connectivity index (χ1) is 14.1. The minimum absolute atomic E-state index is 0.0791. The third-order valence-electron chi connectivity index (χ3n) is 4.19. The van der Waals surface area contributed by atoms with Crippen LogP contribution in [-0.4, -0.2) is 42.4 Å². The lowest BCUT2D eigenvalue weighted by atomic mass is 10.2. The fourth-order valence-electron chi connectivity index (χ4n) is 2.65. The van der Waals surface area contributed by atoms with Gasteiger partial charge < -0.3 is 24.3 Å². The van der Waals surface area contributed by atoms with Crippen molar-refractivity contribution in [3.63, 3.8) is 0 Å². The predicted molar refractivity (Wildman–Crippen MR) is 107 cm³/mol. The molecule has 152 valence electrons. The van der Waals surface area contributed by atoms with E-state index in [1.807, 2.05) is 54.6 Å². The summed E-state index contributed by atoms with van der Waals surface area (Å²) in [6.07, 6.45) is 0.751. The molecular formula is C22H24N2O5. The van der Waals surface area contributed by atoms with Gasteiger partial charge in [0.1, 0.15) is 12.0 Å². The number of aromatic nitrogens is 1. The van der Waals surface area contributed by atoms with E-state index in [1.54, 1.807) is 7.11 Å². The van der Waals surface area contributed by atoms with Crippen molar-refractivity contribution in [1.82, 2.24) is 10.3 Å². The molecule has 2 N–H and O–H groups in total. The van der Waals surface area contributed by atoms with E-state index in [4.69, 9.17) is 13.9 Å². The molecule has 7 nitrogen and oxygen atoms in total. The Morgan fingerprint density at radius 2 is 1.93 bits per heavy atom. The molecule has 2 aromatic carbocycles. The van der Waals surface area contributed by atoms with E-state index >= 15 is 0 Å². The van der Waals surface area contributed by atoms with E-state index in [0.29, 0.717) is 18.2 Å². The number of aliphatic hydroxyl groups excluding tert-OH is 1. The number of hydrogen-bond donors (Lipinski definition) is 2. The molecule has 0 aliphatic heterocycles. The number of nitrogens with one attached hydrogen (secondary N) is 1. The predicted octanol–water partition coefficient (Wildman–Crippen LogP) is 2.59. The minimum atomic E-state index is -0.797. The van der Waals surface area contributed by atoms with Gasteiger partial charge in [-0.05, 0) is 29.8 Å². The smallest absolute Gasteiger partial charge is 0.226 e. The summed E-state index contributed by atoms with van der Waals surface area (Å²) in [5, 5.41) is 12.7. The maximum absolute atomic E-state index is 12.1. The first kappa shape index (κ1) is 20.6. The van der Waals surface area contributed by atoms with E-state index in [0.717, 1.165) is 16.9 Å². The molecule has 1 aromatic heterocycles. The van der Waals surface area contributed by atoms with Crippen molar-refractivity contribution in [1.29, 1.82) is 0 Å². The Balaban J connectivity index is 1.36. The number of oxazole rings is 1. The molecule has 3 aromatic rings. The number of nitrogens with zero attached hydrogens (tertiary/aromatic N) is 1. The summed E-state index contributed by atoms with van der Waals surface area (Å²) < 4.78 is 16.0. The number of rotatable bonds is 10. The van der Waals surface area contributed by atoms with Gasteiger partial charge in [0.15, 0.2) is 0 Å². The molecule has 0 saturated heterocycles. The highest BCUT2D eigenvalue weighted by molar-refractivity contribution is 5.78. The zero-order valence-electron chi connectivity index (χ0n) is 16.2. The Hall–Kier alpha value is -3.16. The van der Waals surface area contributed by atoms with Gasteiger partial charge in [0.2, 0.25) is 11.8 Å². The third kappa shape index (κ3) is 6.44. The molecule has 3 rings (SSSR count). The Kier molecular flexibility index (Phi) is 7.38. The van der Waals surface area contributed by atoms with Crippen LogP contribution in [0.15, 0.2) is 65.3 Å². The number of carbonyl (C=O) groups is 1. The van der Waals surface area contributed by atoms with Crippen molar-refractivity contribution in [3.8, 4) is 17.2 Å². The van der Waals surface area contributed by atoms with Crippen molar-refractivity contribution < 1.29 is 23.8 Å². The SMILES string of the molecule is COc1ccc(COCC(O)CNC(=O)Cc2coc(-c3ccccc3)n2)cc1. The van der Waals surface area contributed by atoms with Gasteiger partial charge >= 0.3 is 0 Å². The monoisotopic (exact) mass is 396 g/mol. The number of amides is 1. The lowest BCUT2D eigenvalue weighted by molar-refractivity contribution is -0.121. The minimum Gasteiger partial charge on any atom is -0.497 e. The molecule has 1 amide bonds. The van der Waals surface area contributed by atoms with Crippen LogP contribution < -0.4 is 10.1 Å². The maximum Gasteiger partial charge on any atom is 0.226 e. The Morgan fingerprint density at radius 1 is 1.17 bits per heavy atom. The van der Waals surface area contributed by atoms with Gasteiger partial charge in [-0.25, -0.2) is 4.98 Å². The number of ether oxygens (including phenoxy) is 2. The molecule has 29 heavy (non-hydrogen) atoms. The van der Waals surface area contributed by atoms with Gasteiger partial charge in [0.05, 0.1) is 38.5 Å². The lowest BCUT2D eigenvalue weighted by Gasteiger charge is -2.12. The van der Waals surface area contributed by atoms with Crippen LogP contribution in [0.4, 0.5) is 0 Å². The van der Waals surface area contributed by atoms with Crippen molar-refractivity contribution in [3.05, 3.63) is 72.1 Å². The van der Waals surface area contributed by atoms with Gasteiger partial charge in [-0.1, -0.05) is 30.3 Å². The molecule has 0 aliphatic rings. The topological polar surface area (TPSA) is 93.8 Å². The van der Waals surface area contributed by atoms with Gasteiger partial charge in [-0.2, -0.15) is 0 Å². The number of carbonyl (C=O) groups excluding carboxylic acids is 1. The quantitative estimate of drug-likeness (QED) is 0.547. The van der Waals surface area contributed by atoms with Gasteiger partial charge in [-0.3, -0.25) is 4.79 Å². The average Bonchev–Trinajstić information content (AvgIpc) is 3.22. The summed E-state index contributed by atoms with van der Waals surface area (Å²) in [7, 11) is 1.61. The first-order valence-corrected chi connectivity index (χ1v) is 9.29. The van der Waals surface area contributed by atoms with Crippen LogP contribution in [0.5, 0.6) is 5.75 Å². The van der Waals surface area contributed by atoms with Crippen LogP contribution in [0.3, 0.4) is 0 Å². The number of benzene rings is 2. The van der Waals surface area contributed by atoms with Crippen LogP contribution in [0.2, 0.25) is 0 Å². The fourth-order valence-corrected chi connectivity index (χ4v) is 2.65. The second-order valence-electron chi connectivity index (χ2n) is 6.51. The molecule has 1 heterocycles. The molecule has 1 atom stereocenters. The van der Waals surface area contributed by atoms with Crippen LogP contribution in [-0.2, 0) is 22.6 Å². The van der Waals surface area contributed by atoms with E-state index in [9.17, 15) is 9.90 Å². The first-order valence-electron chi connectivity index (χ1n) is 9.29. The van der Waals surface area contributed by atoms with Crippen molar-refractivity contribution in [2.75, 3.05) is 20.3 Å². The molecule has 0 radical (unpaired) electrons. The summed E-state index contributed by atoms with van der Waals surface area (Å²) in [6.45, 7) is 0.593. The molecule has 7 heteroatoms. The molecule has 0 bridgehead atoms. The van der Waals surface area contributed by atoms with Gasteiger partial charge in [0, 0.05) is 12.1 Å². The van der Waals surface area contributed by atoms with E-state index < -0.39 is 6.10 Å². The highest BCUT2D eigenvalue weighted by Gasteiger charge is 2.12.